The van der Waals surface area contributed by atoms with Gasteiger partial charge in [0.15, 0.2) is 16.1 Å². The van der Waals surface area contributed by atoms with Crippen LogP contribution in [0.25, 0.3) is 11.5 Å². The molecule has 0 bridgehead atoms. The highest BCUT2D eigenvalue weighted by Crippen LogP contribution is 2.26. The van der Waals surface area contributed by atoms with Crippen LogP contribution >= 0.6 is 15.9 Å². The normalized spacial score (nSPS) is 10.0. The molecule has 2 rings (SSSR count). The highest BCUT2D eigenvalue weighted by molar-refractivity contribution is 9.10. The number of furan rings is 1. The van der Waals surface area contributed by atoms with Crippen molar-refractivity contribution in [3.8, 4) is 17.5 Å². The lowest BCUT2D eigenvalue weighted by atomic mass is 10.2. The molecule has 0 radical (unpaired) electrons. The Morgan fingerprint density at radius 1 is 1.62 bits per heavy atom. The van der Waals surface area contributed by atoms with Crippen molar-refractivity contribution in [2.45, 2.75) is 6.54 Å². The van der Waals surface area contributed by atoms with Crippen LogP contribution in [-0.2, 0) is 6.54 Å². The Hall–Kier alpha value is -1.87. The number of nitrogens with zero attached hydrogens (tertiary/aromatic N) is 4. The zero-order valence-electron chi connectivity index (χ0n) is 8.22. The lowest BCUT2D eigenvalue weighted by Gasteiger charge is -1.99. The Bertz CT molecular complexity index is 564. The molecule has 6 heteroatoms. The summed E-state index contributed by atoms with van der Waals surface area (Å²) in [4.78, 5) is 0. The third kappa shape index (κ3) is 1.77. The first-order valence-corrected chi connectivity index (χ1v) is 5.25. The molecule has 2 heterocycles. The van der Waals surface area contributed by atoms with E-state index in [-0.39, 0.29) is 5.69 Å². The number of hydrogen-bond donors (Lipinski definition) is 0. The van der Waals surface area contributed by atoms with E-state index in [2.05, 4.69) is 32.8 Å². The fraction of sp³-hybridized carbons (Fsp3) is 0.100. The number of hydrogen-bond acceptors (Lipinski definition) is 4. The molecule has 0 saturated carbocycles. The molecule has 0 aromatic carbocycles. The standard InChI is InChI=1S/C10H7BrN4O/c1-2-5-15-10(7(6-12)13-14-15)8-3-4-9(11)16-8/h2-4H,1,5H2. The molecular formula is C10H7BrN4O. The fourth-order valence-electron chi connectivity index (χ4n) is 1.32. The summed E-state index contributed by atoms with van der Waals surface area (Å²) in [5.41, 5.74) is 0.803. The molecule has 0 amide bonds. The molecule has 2 aromatic rings. The summed E-state index contributed by atoms with van der Waals surface area (Å²) < 4.78 is 7.55. The fourth-order valence-corrected chi connectivity index (χ4v) is 1.63. The smallest absolute Gasteiger partial charge is 0.193 e. The minimum atomic E-state index is 0.240. The maximum atomic E-state index is 8.92. The van der Waals surface area contributed by atoms with Crippen molar-refractivity contribution in [2.75, 3.05) is 0 Å². The van der Waals surface area contributed by atoms with E-state index < -0.39 is 0 Å². The number of aromatic nitrogens is 3. The first kappa shape index (κ1) is 10.6. The molecule has 0 spiro atoms. The summed E-state index contributed by atoms with van der Waals surface area (Å²) in [5.74, 6) is 0.551. The zero-order chi connectivity index (χ0) is 11.5. The Labute approximate surface area is 100 Å². The van der Waals surface area contributed by atoms with Crippen LogP contribution in [-0.4, -0.2) is 15.0 Å². The Kier molecular flexibility index (Phi) is 2.88. The molecule has 5 nitrogen and oxygen atoms in total. The van der Waals surface area contributed by atoms with Crippen LogP contribution in [0, 0.1) is 11.3 Å². The van der Waals surface area contributed by atoms with Crippen LogP contribution in [0.4, 0.5) is 0 Å². The van der Waals surface area contributed by atoms with Gasteiger partial charge in [-0.1, -0.05) is 11.3 Å². The van der Waals surface area contributed by atoms with E-state index in [1.807, 2.05) is 6.07 Å². The topological polar surface area (TPSA) is 67.6 Å². The first-order valence-electron chi connectivity index (χ1n) is 4.46. The lowest BCUT2D eigenvalue weighted by Crippen LogP contribution is -1.99. The van der Waals surface area contributed by atoms with E-state index >= 15 is 0 Å². The molecule has 16 heavy (non-hydrogen) atoms. The van der Waals surface area contributed by atoms with Gasteiger partial charge in [0.2, 0.25) is 0 Å². The van der Waals surface area contributed by atoms with Crippen molar-refractivity contribution in [3.05, 3.63) is 35.2 Å². The molecular weight excluding hydrogens is 272 g/mol. The van der Waals surface area contributed by atoms with Gasteiger partial charge in [0, 0.05) is 0 Å². The van der Waals surface area contributed by atoms with Crippen LogP contribution in [0.3, 0.4) is 0 Å². The van der Waals surface area contributed by atoms with Gasteiger partial charge >= 0.3 is 0 Å². The molecule has 0 atom stereocenters. The summed E-state index contributed by atoms with van der Waals surface area (Å²) in [6, 6.07) is 5.48. The first-order chi connectivity index (χ1) is 7.76. The van der Waals surface area contributed by atoms with Gasteiger partial charge in [0.05, 0.1) is 6.54 Å². The van der Waals surface area contributed by atoms with Gasteiger partial charge in [0.25, 0.3) is 0 Å². The third-order valence-electron chi connectivity index (χ3n) is 1.95. The predicted molar refractivity (Wildman–Crippen MR) is 60.3 cm³/mol. The molecule has 80 valence electrons. The second-order valence-corrected chi connectivity index (χ2v) is 3.75. The Morgan fingerprint density at radius 3 is 3.00 bits per heavy atom. The van der Waals surface area contributed by atoms with E-state index in [1.54, 1.807) is 22.9 Å². The highest BCUT2D eigenvalue weighted by Gasteiger charge is 2.17. The SMILES string of the molecule is C=CCn1nnc(C#N)c1-c1ccc(Br)o1. The molecule has 0 fully saturated rings. The monoisotopic (exact) mass is 278 g/mol. The minimum Gasteiger partial charge on any atom is -0.448 e. The largest absolute Gasteiger partial charge is 0.448 e. The maximum Gasteiger partial charge on any atom is 0.193 e. The lowest BCUT2D eigenvalue weighted by molar-refractivity contribution is 0.544. The van der Waals surface area contributed by atoms with Gasteiger partial charge in [-0.05, 0) is 28.1 Å². The van der Waals surface area contributed by atoms with Gasteiger partial charge in [-0.3, -0.25) is 0 Å². The number of rotatable bonds is 3. The van der Waals surface area contributed by atoms with E-state index in [1.165, 1.54) is 0 Å². The van der Waals surface area contributed by atoms with Crippen molar-refractivity contribution in [2.24, 2.45) is 0 Å². The van der Waals surface area contributed by atoms with Crippen LogP contribution in [0.5, 0.6) is 0 Å². The average molecular weight is 279 g/mol. The van der Waals surface area contributed by atoms with E-state index in [9.17, 15) is 0 Å². The summed E-state index contributed by atoms with van der Waals surface area (Å²) in [7, 11) is 0. The average Bonchev–Trinajstić information content (AvgIpc) is 2.85. The van der Waals surface area contributed by atoms with Gasteiger partial charge in [-0.25, -0.2) is 4.68 Å². The number of halogens is 1. The van der Waals surface area contributed by atoms with Crippen molar-refractivity contribution < 1.29 is 4.42 Å². The van der Waals surface area contributed by atoms with Crippen LogP contribution < -0.4 is 0 Å². The van der Waals surface area contributed by atoms with E-state index in [0.717, 1.165) is 0 Å². The Balaban J connectivity index is 2.57. The van der Waals surface area contributed by atoms with Crippen LogP contribution in [0.2, 0.25) is 0 Å². The minimum absolute atomic E-state index is 0.240. The number of nitriles is 1. The molecule has 0 aliphatic heterocycles. The van der Waals surface area contributed by atoms with Crippen molar-refractivity contribution >= 4 is 15.9 Å². The molecule has 0 N–H and O–H groups in total. The van der Waals surface area contributed by atoms with Gasteiger partial charge < -0.3 is 4.42 Å². The summed E-state index contributed by atoms with van der Waals surface area (Å²) in [6.45, 7) is 4.09. The van der Waals surface area contributed by atoms with Crippen LogP contribution in [0.15, 0.2) is 33.9 Å². The predicted octanol–water partition coefficient (Wildman–Crippen LogP) is 2.36. The van der Waals surface area contributed by atoms with Gasteiger partial charge in [0.1, 0.15) is 11.8 Å². The number of allylic oxidation sites excluding steroid dienone is 1. The molecule has 0 aliphatic rings. The molecule has 2 aromatic heterocycles. The third-order valence-corrected chi connectivity index (χ3v) is 2.38. The summed E-state index contributed by atoms with van der Waals surface area (Å²) in [6.07, 6.45) is 1.68. The second-order valence-electron chi connectivity index (χ2n) is 2.97. The summed E-state index contributed by atoms with van der Waals surface area (Å²) >= 11 is 3.21. The maximum absolute atomic E-state index is 8.92. The zero-order valence-corrected chi connectivity index (χ0v) is 9.81. The van der Waals surface area contributed by atoms with E-state index in [0.29, 0.717) is 22.7 Å². The van der Waals surface area contributed by atoms with Gasteiger partial charge in [-0.2, -0.15) is 5.26 Å². The molecule has 0 saturated heterocycles. The van der Waals surface area contributed by atoms with Crippen molar-refractivity contribution in [3.63, 3.8) is 0 Å². The van der Waals surface area contributed by atoms with Crippen molar-refractivity contribution in [1.82, 2.24) is 15.0 Å². The quantitative estimate of drug-likeness (QED) is 0.809. The summed E-state index contributed by atoms with van der Waals surface area (Å²) in [5, 5.41) is 16.6. The van der Waals surface area contributed by atoms with Crippen molar-refractivity contribution in [1.29, 1.82) is 5.26 Å². The van der Waals surface area contributed by atoms with Gasteiger partial charge in [-0.15, -0.1) is 11.7 Å². The molecule has 0 aliphatic carbocycles. The molecule has 0 unspecified atom stereocenters. The second kappa shape index (κ2) is 4.33. The van der Waals surface area contributed by atoms with Crippen LogP contribution in [0.1, 0.15) is 5.69 Å². The highest BCUT2D eigenvalue weighted by atomic mass is 79.9. The van der Waals surface area contributed by atoms with E-state index in [4.69, 9.17) is 9.68 Å². The Morgan fingerprint density at radius 2 is 2.44 bits per heavy atom.